The number of rotatable bonds is 9. The minimum absolute atomic E-state index is 0.0902. The Balaban J connectivity index is 1.76. The number of carbonyl (C=O) groups excluding carboxylic acids is 2. The van der Waals surface area contributed by atoms with Gasteiger partial charge in [0, 0.05) is 17.6 Å². The number of hydrogen-bond donors (Lipinski definition) is 1. The van der Waals surface area contributed by atoms with Crippen molar-refractivity contribution in [3.63, 3.8) is 0 Å². The van der Waals surface area contributed by atoms with Gasteiger partial charge in [0.05, 0.1) is 0 Å². The van der Waals surface area contributed by atoms with Gasteiger partial charge < -0.3 is 15.0 Å². The molecule has 1 saturated carbocycles. The Hall–Kier alpha value is -2.53. The summed E-state index contributed by atoms with van der Waals surface area (Å²) in [6.07, 6.45) is 4.81. The van der Waals surface area contributed by atoms with E-state index in [2.05, 4.69) is 5.32 Å². The van der Waals surface area contributed by atoms with Crippen molar-refractivity contribution in [3.05, 3.63) is 64.7 Å². The van der Waals surface area contributed by atoms with E-state index >= 15 is 0 Å². The summed E-state index contributed by atoms with van der Waals surface area (Å²) in [4.78, 5) is 27.9. The van der Waals surface area contributed by atoms with Crippen LogP contribution in [0.15, 0.2) is 48.5 Å². The molecule has 2 aromatic carbocycles. The molecule has 0 unspecified atom stereocenters. The van der Waals surface area contributed by atoms with Crippen molar-refractivity contribution in [2.75, 3.05) is 6.61 Å². The fourth-order valence-corrected chi connectivity index (χ4v) is 4.14. The summed E-state index contributed by atoms with van der Waals surface area (Å²) in [5.74, 6) is 0.366. The number of halogens is 1. The zero-order valence-electron chi connectivity index (χ0n) is 18.3. The predicted octanol–water partition coefficient (Wildman–Crippen LogP) is 4.89. The quantitative estimate of drug-likeness (QED) is 0.601. The molecule has 1 aliphatic rings. The Labute approximate surface area is 189 Å². The smallest absolute Gasteiger partial charge is 0.261 e. The summed E-state index contributed by atoms with van der Waals surface area (Å²) >= 11 is 6.01. The van der Waals surface area contributed by atoms with Crippen LogP contribution in [-0.2, 0) is 16.1 Å². The van der Waals surface area contributed by atoms with Crippen LogP contribution in [0, 0.1) is 6.92 Å². The van der Waals surface area contributed by atoms with Crippen LogP contribution in [0.25, 0.3) is 0 Å². The molecule has 0 saturated heterocycles. The number of nitrogens with zero attached hydrogens (tertiary/aromatic N) is 1. The minimum Gasteiger partial charge on any atom is -0.484 e. The van der Waals surface area contributed by atoms with Gasteiger partial charge in [-0.15, -0.1) is 0 Å². The number of amides is 2. The van der Waals surface area contributed by atoms with Crippen LogP contribution in [0.1, 0.15) is 50.2 Å². The van der Waals surface area contributed by atoms with Gasteiger partial charge in [-0.05, 0) is 55.5 Å². The molecule has 1 N–H and O–H groups in total. The Kier molecular flexibility index (Phi) is 8.35. The Morgan fingerprint density at radius 3 is 2.45 bits per heavy atom. The number of nitrogens with one attached hydrogen (secondary N) is 1. The monoisotopic (exact) mass is 442 g/mol. The van der Waals surface area contributed by atoms with Crippen LogP contribution in [-0.4, -0.2) is 35.4 Å². The fourth-order valence-electron chi connectivity index (χ4n) is 4.01. The van der Waals surface area contributed by atoms with Gasteiger partial charge in [0.2, 0.25) is 5.91 Å². The number of ether oxygens (including phenoxy) is 1. The summed E-state index contributed by atoms with van der Waals surface area (Å²) in [5.41, 5.74) is 1.88. The first-order chi connectivity index (χ1) is 15.0. The zero-order valence-corrected chi connectivity index (χ0v) is 19.0. The van der Waals surface area contributed by atoms with Gasteiger partial charge >= 0.3 is 0 Å². The number of benzene rings is 2. The maximum atomic E-state index is 13.2. The summed E-state index contributed by atoms with van der Waals surface area (Å²) in [5, 5.41) is 3.78. The van der Waals surface area contributed by atoms with Crippen molar-refractivity contribution in [1.29, 1.82) is 0 Å². The summed E-state index contributed by atoms with van der Waals surface area (Å²) in [6, 6.07) is 14.6. The summed E-state index contributed by atoms with van der Waals surface area (Å²) in [7, 11) is 0. The van der Waals surface area contributed by atoms with Crippen molar-refractivity contribution in [2.45, 2.75) is 64.6 Å². The molecule has 31 heavy (non-hydrogen) atoms. The van der Waals surface area contributed by atoms with Gasteiger partial charge in [-0.2, -0.15) is 0 Å². The van der Waals surface area contributed by atoms with Crippen molar-refractivity contribution in [1.82, 2.24) is 10.2 Å². The number of carbonyl (C=O) groups is 2. The first kappa shape index (κ1) is 23.1. The van der Waals surface area contributed by atoms with E-state index in [0.717, 1.165) is 36.8 Å². The van der Waals surface area contributed by atoms with Crippen molar-refractivity contribution in [2.24, 2.45) is 0 Å². The largest absolute Gasteiger partial charge is 0.484 e. The van der Waals surface area contributed by atoms with E-state index in [1.54, 1.807) is 17.0 Å². The molecule has 1 atom stereocenters. The van der Waals surface area contributed by atoms with E-state index in [4.69, 9.17) is 16.3 Å². The predicted molar refractivity (Wildman–Crippen MR) is 123 cm³/mol. The first-order valence-corrected chi connectivity index (χ1v) is 11.4. The van der Waals surface area contributed by atoms with Gasteiger partial charge in [-0.25, -0.2) is 0 Å². The molecule has 1 fully saturated rings. The molecule has 0 aromatic heterocycles. The first-order valence-electron chi connectivity index (χ1n) is 11.0. The minimum atomic E-state index is -0.552. The van der Waals surface area contributed by atoms with E-state index < -0.39 is 6.04 Å². The van der Waals surface area contributed by atoms with Crippen LogP contribution in [0.5, 0.6) is 5.75 Å². The second-order valence-electron chi connectivity index (χ2n) is 8.12. The maximum Gasteiger partial charge on any atom is 0.261 e. The van der Waals surface area contributed by atoms with Gasteiger partial charge in [-0.3, -0.25) is 9.59 Å². The maximum absolute atomic E-state index is 13.2. The SMILES string of the molecule is CC[C@H](C(=O)NC1CCCC1)N(Cc1ccc(Cl)cc1)C(=O)COc1ccccc1C. The van der Waals surface area contributed by atoms with E-state index in [1.165, 1.54) is 0 Å². The third-order valence-electron chi connectivity index (χ3n) is 5.80. The van der Waals surface area contributed by atoms with Crippen molar-refractivity contribution >= 4 is 23.4 Å². The lowest BCUT2D eigenvalue weighted by atomic mass is 10.1. The zero-order chi connectivity index (χ0) is 22.2. The van der Waals surface area contributed by atoms with Gasteiger partial charge in [0.1, 0.15) is 11.8 Å². The highest BCUT2D eigenvalue weighted by Gasteiger charge is 2.30. The van der Waals surface area contributed by atoms with Crippen molar-refractivity contribution in [3.8, 4) is 5.75 Å². The molecule has 0 aliphatic heterocycles. The third kappa shape index (κ3) is 6.47. The molecule has 2 amide bonds. The number of para-hydroxylation sites is 1. The van der Waals surface area contributed by atoms with E-state index in [-0.39, 0.29) is 24.5 Å². The standard InChI is InChI=1S/C25H31ClN2O3/c1-3-22(25(30)27-21-9-5-6-10-21)28(16-19-12-14-20(26)15-13-19)24(29)17-31-23-11-7-4-8-18(23)2/h4,7-8,11-15,21-22H,3,5-6,9-10,16-17H2,1-2H3,(H,27,30)/t22-/m1/s1. The van der Waals surface area contributed by atoms with Crippen LogP contribution >= 0.6 is 11.6 Å². The van der Waals surface area contributed by atoms with Gasteiger partial charge in [-0.1, -0.05) is 61.7 Å². The second-order valence-corrected chi connectivity index (χ2v) is 8.55. The number of hydrogen-bond acceptors (Lipinski definition) is 3. The molecule has 0 heterocycles. The lowest BCUT2D eigenvalue weighted by Crippen LogP contribution is -2.52. The molecule has 2 aromatic rings. The molecule has 5 nitrogen and oxygen atoms in total. The molecule has 166 valence electrons. The van der Waals surface area contributed by atoms with E-state index in [0.29, 0.717) is 23.7 Å². The second kappa shape index (κ2) is 11.2. The topological polar surface area (TPSA) is 58.6 Å². The lowest BCUT2D eigenvalue weighted by molar-refractivity contribution is -0.143. The average molecular weight is 443 g/mol. The van der Waals surface area contributed by atoms with E-state index in [9.17, 15) is 9.59 Å². The molecule has 0 spiro atoms. The molecular formula is C25H31ClN2O3. The van der Waals surface area contributed by atoms with Crippen molar-refractivity contribution < 1.29 is 14.3 Å². The Morgan fingerprint density at radius 1 is 1.13 bits per heavy atom. The number of aryl methyl sites for hydroxylation is 1. The van der Waals surface area contributed by atoms with Crippen LogP contribution in [0.4, 0.5) is 0 Å². The molecule has 6 heteroatoms. The van der Waals surface area contributed by atoms with Crippen LogP contribution in [0.3, 0.4) is 0 Å². The highest BCUT2D eigenvalue weighted by molar-refractivity contribution is 6.30. The normalized spacial score (nSPS) is 14.8. The molecule has 1 aliphatic carbocycles. The van der Waals surface area contributed by atoms with Gasteiger partial charge in [0.25, 0.3) is 5.91 Å². The fraction of sp³-hybridized carbons (Fsp3) is 0.440. The average Bonchev–Trinajstić information content (AvgIpc) is 3.27. The Morgan fingerprint density at radius 2 is 1.81 bits per heavy atom. The Bertz CT molecular complexity index is 879. The summed E-state index contributed by atoms with van der Waals surface area (Å²) < 4.78 is 5.80. The van der Waals surface area contributed by atoms with Crippen LogP contribution < -0.4 is 10.1 Å². The van der Waals surface area contributed by atoms with Gasteiger partial charge in [0.15, 0.2) is 6.61 Å². The molecule has 0 bridgehead atoms. The highest BCUT2D eigenvalue weighted by atomic mass is 35.5. The lowest BCUT2D eigenvalue weighted by Gasteiger charge is -2.31. The molecule has 0 radical (unpaired) electrons. The van der Waals surface area contributed by atoms with Crippen LogP contribution in [0.2, 0.25) is 5.02 Å². The third-order valence-corrected chi connectivity index (χ3v) is 6.05. The molecule has 3 rings (SSSR count). The van der Waals surface area contributed by atoms with E-state index in [1.807, 2.05) is 50.2 Å². The highest BCUT2D eigenvalue weighted by Crippen LogP contribution is 2.21. The summed E-state index contributed by atoms with van der Waals surface area (Å²) in [6.45, 7) is 4.08. The molecular weight excluding hydrogens is 412 g/mol.